The number of carbonyl (C=O) groups is 2. The minimum absolute atomic E-state index is 0.0610. The summed E-state index contributed by atoms with van der Waals surface area (Å²) < 4.78 is 10.6. The number of ketones is 1. The molecule has 0 aliphatic rings. The van der Waals surface area contributed by atoms with Crippen molar-refractivity contribution in [3.05, 3.63) is 103 Å². The number of aryl methyl sites for hydroxylation is 2. The molecule has 0 saturated carbocycles. The number of rotatable bonds is 8. The highest BCUT2D eigenvalue weighted by atomic mass is 16.6. The van der Waals surface area contributed by atoms with Gasteiger partial charge < -0.3 is 9.47 Å². The van der Waals surface area contributed by atoms with Crippen molar-refractivity contribution < 1.29 is 28.9 Å². The molecule has 0 aliphatic carbocycles. The van der Waals surface area contributed by atoms with E-state index in [4.69, 9.17) is 9.47 Å². The van der Waals surface area contributed by atoms with Crippen LogP contribution in [0.5, 0.6) is 11.5 Å². The normalized spacial score (nSPS) is 10.4. The zero-order valence-corrected chi connectivity index (χ0v) is 17.6. The molecular weight excluding hydrogens is 432 g/mol. The van der Waals surface area contributed by atoms with Crippen LogP contribution < -0.4 is 4.74 Å². The van der Waals surface area contributed by atoms with Gasteiger partial charge in [0.2, 0.25) is 11.5 Å². The van der Waals surface area contributed by atoms with E-state index in [0.29, 0.717) is 5.56 Å². The van der Waals surface area contributed by atoms with E-state index in [0.717, 1.165) is 29.3 Å². The molecule has 3 aromatic rings. The summed E-state index contributed by atoms with van der Waals surface area (Å²) in [6, 6.07) is 14.0. The predicted octanol–water partition coefficient (Wildman–Crippen LogP) is 4.95. The first-order chi connectivity index (χ1) is 15.7. The van der Waals surface area contributed by atoms with Gasteiger partial charge in [0.15, 0.2) is 6.61 Å². The molecule has 0 aromatic heterocycles. The lowest BCUT2D eigenvalue weighted by Crippen LogP contribution is -2.15. The average molecular weight is 450 g/mol. The van der Waals surface area contributed by atoms with E-state index in [9.17, 15) is 29.8 Å². The van der Waals surface area contributed by atoms with E-state index in [1.807, 2.05) is 19.1 Å². The minimum atomic E-state index is -0.806. The molecule has 0 amide bonds. The van der Waals surface area contributed by atoms with Gasteiger partial charge in [0.05, 0.1) is 21.5 Å². The number of ether oxygens (including phenoxy) is 2. The zero-order chi connectivity index (χ0) is 24.1. The molecule has 33 heavy (non-hydrogen) atoms. The first kappa shape index (κ1) is 23.1. The first-order valence-corrected chi connectivity index (χ1v) is 9.64. The molecule has 0 unspecified atom stereocenters. The number of non-ortho nitro benzene ring substituents is 1. The quantitative estimate of drug-likeness (QED) is 0.203. The maximum absolute atomic E-state index is 12.4. The monoisotopic (exact) mass is 450 g/mol. The first-order valence-electron chi connectivity index (χ1n) is 9.64. The molecule has 3 aromatic carbocycles. The zero-order valence-electron chi connectivity index (χ0n) is 17.6. The fraction of sp³-hybridized carbons (Fsp3) is 0.130. The molecule has 0 bridgehead atoms. The van der Waals surface area contributed by atoms with Crippen molar-refractivity contribution in [1.82, 2.24) is 0 Å². The van der Waals surface area contributed by atoms with E-state index >= 15 is 0 Å². The summed E-state index contributed by atoms with van der Waals surface area (Å²) in [7, 11) is 0. The number of nitro benzene ring substituents is 2. The number of nitro groups is 2. The van der Waals surface area contributed by atoms with Gasteiger partial charge in [-0.1, -0.05) is 23.8 Å². The van der Waals surface area contributed by atoms with Crippen LogP contribution in [0.2, 0.25) is 0 Å². The highest BCUT2D eigenvalue weighted by Gasteiger charge is 2.22. The third-order valence-electron chi connectivity index (χ3n) is 4.68. The maximum atomic E-state index is 12.4. The lowest BCUT2D eigenvalue weighted by Gasteiger charge is -2.09. The third kappa shape index (κ3) is 5.56. The summed E-state index contributed by atoms with van der Waals surface area (Å²) in [5, 5.41) is 22.1. The molecule has 0 saturated heterocycles. The Morgan fingerprint density at radius 1 is 0.909 bits per heavy atom. The topological polar surface area (TPSA) is 139 Å². The van der Waals surface area contributed by atoms with Crippen LogP contribution >= 0.6 is 0 Å². The van der Waals surface area contributed by atoms with Crippen molar-refractivity contribution in [2.24, 2.45) is 0 Å². The maximum Gasteiger partial charge on any atom is 0.338 e. The van der Waals surface area contributed by atoms with Crippen molar-refractivity contribution in [3.8, 4) is 11.5 Å². The molecule has 0 atom stereocenters. The number of nitrogens with zero attached hydrogens (tertiary/aromatic N) is 2. The molecule has 0 heterocycles. The number of esters is 1. The summed E-state index contributed by atoms with van der Waals surface area (Å²) in [6.07, 6.45) is 0. The lowest BCUT2D eigenvalue weighted by molar-refractivity contribution is -0.394. The van der Waals surface area contributed by atoms with Crippen molar-refractivity contribution in [1.29, 1.82) is 0 Å². The second kappa shape index (κ2) is 9.69. The molecule has 0 N–H and O–H groups in total. The van der Waals surface area contributed by atoms with Gasteiger partial charge in [-0.05, 0) is 49.7 Å². The number of Topliss-reactive ketones (excluding diaryl/α,β-unsaturated/α-hetero) is 1. The van der Waals surface area contributed by atoms with Crippen LogP contribution in [0.1, 0.15) is 31.8 Å². The molecular formula is C23H18N2O8. The predicted molar refractivity (Wildman–Crippen MR) is 117 cm³/mol. The number of carbonyl (C=O) groups excluding carboxylic acids is 2. The highest BCUT2D eigenvalue weighted by Crippen LogP contribution is 2.34. The Labute approximate surface area is 187 Å². The number of benzene rings is 3. The van der Waals surface area contributed by atoms with Crippen LogP contribution in [-0.2, 0) is 4.74 Å². The van der Waals surface area contributed by atoms with Gasteiger partial charge in [-0.2, -0.15) is 0 Å². The summed E-state index contributed by atoms with van der Waals surface area (Å²) in [4.78, 5) is 45.4. The van der Waals surface area contributed by atoms with Gasteiger partial charge in [-0.25, -0.2) is 4.79 Å². The number of hydrogen-bond donors (Lipinski definition) is 0. The fourth-order valence-corrected chi connectivity index (χ4v) is 2.99. The van der Waals surface area contributed by atoms with Gasteiger partial charge in [0.1, 0.15) is 5.75 Å². The van der Waals surface area contributed by atoms with Crippen LogP contribution in [0, 0.1) is 34.1 Å². The molecule has 3 rings (SSSR count). The second-order valence-corrected chi connectivity index (χ2v) is 7.11. The minimum Gasteiger partial charge on any atom is -0.454 e. The van der Waals surface area contributed by atoms with Gasteiger partial charge in [0.25, 0.3) is 5.69 Å². The Kier molecular flexibility index (Phi) is 6.77. The van der Waals surface area contributed by atoms with E-state index in [2.05, 4.69) is 0 Å². The smallest absolute Gasteiger partial charge is 0.338 e. The van der Waals surface area contributed by atoms with Crippen molar-refractivity contribution in [3.63, 3.8) is 0 Å². The van der Waals surface area contributed by atoms with E-state index < -0.39 is 33.8 Å². The summed E-state index contributed by atoms with van der Waals surface area (Å²) in [5.41, 5.74) is 1.13. The van der Waals surface area contributed by atoms with Crippen LogP contribution in [0.15, 0.2) is 60.7 Å². The molecule has 0 spiro atoms. The molecule has 0 fully saturated rings. The summed E-state index contributed by atoms with van der Waals surface area (Å²) in [5.74, 6) is -1.29. The van der Waals surface area contributed by atoms with Crippen molar-refractivity contribution in [2.75, 3.05) is 6.61 Å². The van der Waals surface area contributed by atoms with Gasteiger partial charge >= 0.3 is 11.7 Å². The summed E-state index contributed by atoms with van der Waals surface area (Å²) in [6.45, 7) is 3.18. The van der Waals surface area contributed by atoms with Crippen molar-refractivity contribution in [2.45, 2.75) is 13.8 Å². The molecule has 168 valence electrons. The van der Waals surface area contributed by atoms with E-state index in [1.165, 1.54) is 24.3 Å². The van der Waals surface area contributed by atoms with Gasteiger partial charge in [-0.3, -0.25) is 25.0 Å². The van der Waals surface area contributed by atoms with Crippen LogP contribution in [0.4, 0.5) is 11.4 Å². The molecule has 10 nitrogen and oxygen atoms in total. The van der Waals surface area contributed by atoms with E-state index in [-0.39, 0.29) is 22.8 Å². The third-order valence-corrected chi connectivity index (χ3v) is 4.68. The van der Waals surface area contributed by atoms with Crippen LogP contribution in [0.3, 0.4) is 0 Å². The lowest BCUT2D eigenvalue weighted by atomic mass is 10.0. The average Bonchev–Trinajstić information content (AvgIpc) is 2.79. The molecule has 0 radical (unpaired) electrons. The van der Waals surface area contributed by atoms with Gasteiger partial charge in [-0.15, -0.1) is 0 Å². The fourth-order valence-electron chi connectivity index (χ4n) is 2.99. The number of hydrogen-bond acceptors (Lipinski definition) is 8. The second-order valence-electron chi connectivity index (χ2n) is 7.11. The Morgan fingerprint density at radius 3 is 2.36 bits per heavy atom. The van der Waals surface area contributed by atoms with Crippen LogP contribution in [-0.4, -0.2) is 28.2 Å². The highest BCUT2D eigenvalue weighted by molar-refractivity contribution is 6.00. The summed E-state index contributed by atoms with van der Waals surface area (Å²) >= 11 is 0. The standard InChI is InChI=1S/C23H18N2O8/c1-14-6-7-15(2)19(10-14)21(26)13-32-23(27)16-4-3-5-18(11-16)33-22-9-8-17(24(28)29)12-20(22)25(30)31/h3-12H,13H2,1-2H3. The van der Waals surface area contributed by atoms with Crippen molar-refractivity contribution >= 4 is 23.1 Å². The largest absolute Gasteiger partial charge is 0.454 e. The Hall–Kier alpha value is -4.60. The molecule has 10 heteroatoms. The Morgan fingerprint density at radius 2 is 1.67 bits per heavy atom. The SMILES string of the molecule is Cc1ccc(C)c(C(=O)COC(=O)c2cccc(Oc3ccc([N+](=O)[O-])cc3[N+](=O)[O-])c2)c1. The van der Waals surface area contributed by atoms with Crippen LogP contribution in [0.25, 0.3) is 0 Å². The Bertz CT molecular complexity index is 1270. The molecule has 0 aliphatic heterocycles. The van der Waals surface area contributed by atoms with E-state index in [1.54, 1.807) is 13.0 Å². The Balaban J connectivity index is 1.74. The van der Waals surface area contributed by atoms with Gasteiger partial charge in [0, 0.05) is 11.6 Å².